The molecule has 7 heteroatoms. The summed E-state index contributed by atoms with van der Waals surface area (Å²) in [6.45, 7) is 0. The van der Waals surface area contributed by atoms with Crippen molar-refractivity contribution in [3.63, 3.8) is 0 Å². The summed E-state index contributed by atoms with van der Waals surface area (Å²) < 4.78 is 62.4. The molecule has 1 aromatic heterocycles. The maximum absolute atomic E-state index is 13.0. The number of hydrogen-bond acceptors (Lipinski definition) is 1. The topological polar surface area (TPSA) is 28.7 Å². The van der Waals surface area contributed by atoms with Gasteiger partial charge in [-0.2, -0.15) is 22.0 Å². The first-order valence-electron chi connectivity index (χ1n) is 4.86. The van der Waals surface area contributed by atoms with E-state index in [1.54, 1.807) is 0 Å². The van der Waals surface area contributed by atoms with E-state index in [1.807, 2.05) is 0 Å². The lowest BCUT2D eigenvalue weighted by molar-refractivity contribution is -0.289. The van der Waals surface area contributed by atoms with Gasteiger partial charge in [-0.05, 0) is 5.56 Å². The molecule has 0 saturated carbocycles. The van der Waals surface area contributed by atoms with Crippen LogP contribution >= 0.6 is 0 Å². The molecule has 1 heterocycles. The minimum Gasteiger partial charge on any atom is -0.345 e. The second-order valence-corrected chi connectivity index (χ2v) is 3.61. The molecule has 1 aromatic carbocycles. The zero-order valence-electron chi connectivity index (χ0n) is 8.80. The van der Waals surface area contributed by atoms with E-state index in [-0.39, 0.29) is 0 Å². The number of aromatic amines is 1. The number of nitrogens with one attached hydrogen (secondary N) is 1. The number of rotatable bonds is 2. The van der Waals surface area contributed by atoms with Crippen molar-refractivity contribution < 1.29 is 22.0 Å². The summed E-state index contributed by atoms with van der Waals surface area (Å²) in [5.41, 5.74) is -0.0654. The van der Waals surface area contributed by atoms with Crippen LogP contribution in [0.1, 0.15) is 5.56 Å². The molecule has 0 spiro atoms. The Labute approximate surface area is 98.5 Å². The van der Waals surface area contributed by atoms with E-state index in [0.29, 0.717) is 11.3 Å². The second-order valence-electron chi connectivity index (χ2n) is 3.61. The van der Waals surface area contributed by atoms with Crippen LogP contribution in [-0.2, 0) is 5.92 Å². The Bertz CT molecular complexity index is 513. The number of benzene rings is 1. The fraction of sp³-hybridized carbons (Fsp3) is 0.182. The Kier molecular flexibility index (Phi) is 2.84. The zero-order chi connectivity index (χ0) is 13.4. The van der Waals surface area contributed by atoms with Gasteiger partial charge in [0.25, 0.3) is 0 Å². The predicted molar refractivity (Wildman–Crippen MR) is 54.0 cm³/mol. The van der Waals surface area contributed by atoms with Gasteiger partial charge in [0.15, 0.2) is 0 Å². The molecule has 0 bridgehead atoms. The maximum Gasteiger partial charge on any atom is 0.458 e. The fourth-order valence-corrected chi connectivity index (χ4v) is 1.44. The van der Waals surface area contributed by atoms with Crippen molar-refractivity contribution in [2.24, 2.45) is 0 Å². The van der Waals surface area contributed by atoms with Crippen LogP contribution in [0.15, 0.2) is 36.8 Å². The maximum atomic E-state index is 13.0. The lowest BCUT2D eigenvalue weighted by atomic mass is 10.0. The number of H-pyrrole nitrogens is 1. The Balaban J connectivity index is 2.34. The number of alkyl halides is 5. The van der Waals surface area contributed by atoms with Gasteiger partial charge in [-0.25, -0.2) is 4.98 Å². The minimum atomic E-state index is -5.59. The quantitative estimate of drug-likeness (QED) is 0.821. The molecule has 0 radical (unpaired) electrons. The van der Waals surface area contributed by atoms with Gasteiger partial charge in [-0.3, -0.25) is 0 Å². The van der Waals surface area contributed by atoms with E-state index in [9.17, 15) is 22.0 Å². The molecule has 0 fully saturated rings. The van der Waals surface area contributed by atoms with Gasteiger partial charge >= 0.3 is 12.1 Å². The van der Waals surface area contributed by atoms with Gasteiger partial charge < -0.3 is 4.98 Å². The van der Waals surface area contributed by atoms with Crippen LogP contribution in [0.2, 0.25) is 0 Å². The summed E-state index contributed by atoms with van der Waals surface area (Å²) in [5.74, 6) is -4.85. The number of nitrogens with zero attached hydrogens (tertiary/aromatic N) is 1. The Morgan fingerprint density at radius 1 is 0.944 bits per heavy atom. The van der Waals surface area contributed by atoms with Crippen LogP contribution in [0.4, 0.5) is 22.0 Å². The Hall–Kier alpha value is -1.92. The molecule has 0 aliphatic carbocycles. The fourth-order valence-electron chi connectivity index (χ4n) is 1.44. The van der Waals surface area contributed by atoms with Gasteiger partial charge in [0.05, 0.1) is 18.2 Å². The second kappa shape index (κ2) is 4.08. The summed E-state index contributed by atoms with van der Waals surface area (Å²) in [5, 5.41) is 0. The van der Waals surface area contributed by atoms with Crippen LogP contribution < -0.4 is 0 Å². The molecular weight excluding hydrogens is 255 g/mol. The van der Waals surface area contributed by atoms with Crippen LogP contribution in [0.3, 0.4) is 0 Å². The van der Waals surface area contributed by atoms with Gasteiger partial charge in [-0.15, -0.1) is 0 Å². The molecule has 2 aromatic rings. The standard InChI is InChI=1S/C11H7F5N2/c12-10(13,11(14,15)16)8-3-1-7(2-4-8)9-5-17-6-18-9/h1-6H,(H,17,18). The average molecular weight is 262 g/mol. The molecule has 96 valence electrons. The first kappa shape index (κ1) is 12.5. The van der Waals surface area contributed by atoms with Crippen LogP contribution in [0.5, 0.6) is 0 Å². The first-order chi connectivity index (χ1) is 8.32. The third-order valence-corrected chi connectivity index (χ3v) is 2.41. The van der Waals surface area contributed by atoms with Crippen LogP contribution in [0.25, 0.3) is 11.3 Å². The monoisotopic (exact) mass is 262 g/mol. The van der Waals surface area contributed by atoms with E-state index < -0.39 is 17.7 Å². The van der Waals surface area contributed by atoms with Crippen molar-refractivity contribution >= 4 is 0 Å². The number of hydrogen-bond donors (Lipinski definition) is 1. The highest BCUT2D eigenvalue weighted by molar-refractivity contribution is 5.58. The van der Waals surface area contributed by atoms with Crippen LogP contribution in [-0.4, -0.2) is 16.1 Å². The van der Waals surface area contributed by atoms with Gasteiger partial charge in [0, 0.05) is 5.56 Å². The van der Waals surface area contributed by atoms with Crippen molar-refractivity contribution in [2.45, 2.75) is 12.1 Å². The molecule has 2 nitrogen and oxygen atoms in total. The summed E-state index contributed by atoms with van der Waals surface area (Å²) in [6, 6.07) is 3.87. The van der Waals surface area contributed by atoms with E-state index in [2.05, 4.69) is 9.97 Å². The highest BCUT2D eigenvalue weighted by atomic mass is 19.4. The normalized spacial score (nSPS) is 12.7. The number of halogens is 5. The highest BCUT2D eigenvalue weighted by Gasteiger charge is 2.58. The van der Waals surface area contributed by atoms with Crippen molar-refractivity contribution in [3.8, 4) is 11.3 Å². The Morgan fingerprint density at radius 2 is 1.56 bits per heavy atom. The van der Waals surface area contributed by atoms with E-state index in [1.165, 1.54) is 24.7 Å². The van der Waals surface area contributed by atoms with E-state index in [4.69, 9.17) is 0 Å². The van der Waals surface area contributed by atoms with Crippen molar-refractivity contribution in [1.82, 2.24) is 9.97 Å². The lowest BCUT2D eigenvalue weighted by Crippen LogP contribution is -2.33. The van der Waals surface area contributed by atoms with Crippen molar-refractivity contribution in [2.75, 3.05) is 0 Å². The Morgan fingerprint density at radius 3 is 2.00 bits per heavy atom. The van der Waals surface area contributed by atoms with Gasteiger partial charge in [0.1, 0.15) is 0 Å². The zero-order valence-corrected chi connectivity index (χ0v) is 8.80. The molecule has 0 aliphatic rings. The highest BCUT2D eigenvalue weighted by Crippen LogP contribution is 2.43. The van der Waals surface area contributed by atoms with Crippen LogP contribution in [0, 0.1) is 0 Å². The largest absolute Gasteiger partial charge is 0.458 e. The SMILES string of the molecule is FC(F)(F)C(F)(F)c1ccc(-c2cnc[nH]2)cc1. The molecule has 0 amide bonds. The van der Waals surface area contributed by atoms with Gasteiger partial charge in [0.2, 0.25) is 0 Å². The summed E-state index contributed by atoms with van der Waals surface area (Å²) in [6.07, 6.45) is -2.77. The van der Waals surface area contributed by atoms with Gasteiger partial charge in [-0.1, -0.05) is 24.3 Å². The van der Waals surface area contributed by atoms with E-state index in [0.717, 1.165) is 12.1 Å². The molecule has 18 heavy (non-hydrogen) atoms. The van der Waals surface area contributed by atoms with Crippen molar-refractivity contribution in [1.29, 1.82) is 0 Å². The third kappa shape index (κ3) is 2.07. The predicted octanol–water partition coefficient (Wildman–Crippen LogP) is 3.73. The third-order valence-electron chi connectivity index (χ3n) is 2.41. The van der Waals surface area contributed by atoms with E-state index >= 15 is 0 Å². The summed E-state index contributed by atoms with van der Waals surface area (Å²) >= 11 is 0. The molecule has 0 aliphatic heterocycles. The average Bonchev–Trinajstić information content (AvgIpc) is 2.81. The molecule has 0 saturated heterocycles. The summed E-state index contributed by atoms with van der Waals surface area (Å²) in [4.78, 5) is 6.45. The molecule has 1 N–H and O–H groups in total. The number of aromatic nitrogens is 2. The molecular formula is C11H7F5N2. The number of imidazole rings is 1. The summed E-state index contributed by atoms with van der Waals surface area (Å²) in [7, 11) is 0. The lowest BCUT2D eigenvalue weighted by Gasteiger charge is -2.19. The molecule has 0 atom stereocenters. The van der Waals surface area contributed by atoms with Crippen molar-refractivity contribution in [3.05, 3.63) is 42.4 Å². The first-order valence-corrected chi connectivity index (χ1v) is 4.86. The molecule has 2 rings (SSSR count). The molecule has 0 unspecified atom stereocenters. The smallest absolute Gasteiger partial charge is 0.345 e. The minimum absolute atomic E-state index is 0.481.